The molecular weight excluding hydrogens is 288 g/mol. The Bertz CT molecular complexity index is 749. The zero-order valence-corrected chi connectivity index (χ0v) is 12.7. The number of rotatable bonds is 5. The first kappa shape index (κ1) is 14.2. The molecule has 6 nitrogen and oxygen atoms in total. The molecule has 21 heavy (non-hydrogen) atoms. The summed E-state index contributed by atoms with van der Waals surface area (Å²) < 4.78 is 25.0. The summed E-state index contributed by atoms with van der Waals surface area (Å²) >= 11 is 0. The third-order valence-electron chi connectivity index (χ3n) is 3.92. The summed E-state index contributed by atoms with van der Waals surface area (Å²) in [5.74, 6) is 0.708. The molecule has 0 atom stereocenters. The van der Waals surface area contributed by atoms with Crippen LogP contribution in [0.1, 0.15) is 37.6 Å². The zero-order valence-electron chi connectivity index (χ0n) is 11.9. The van der Waals surface area contributed by atoms with Crippen LogP contribution in [0.25, 0.3) is 0 Å². The molecule has 3 rings (SSSR count). The molecule has 2 aromatic rings. The van der Waals surface area contributed by atoms with Gasteiger partial charge in [-0.2, -0.15) is 0 Å². The van der Waals surface area contributed by atoms with Gasteiger partial charge >= 0.3 is 0 Å². The Morgan fingerprint density at radius 3 is 2.43 bits per heavy atom. The number of nitrogens with two attached hydrogens (primary N) is 1. The quantitative estimate of drug-likeness (QED) is 0.904. The van der Waals surface area contributed by atoms with E-state index in [9.17, 15) is 8.42 Å². The van der Waals surface area contributed by atoms with Crippen LogP contribution in [0.4, 0.5) is 0 Å². The van der Waals surface area contributed by atoms with Gasteiger partial charge in [0.15, 0.2) is 0 Å². The predicted molar refractivity (Wildman–Crippen MR) is 78.1 cm³/mol. The Morgan fingerprint density at radius 1 is 1.24 bits per heavy atom. The van der Waals surface area contributed by atoms with Crippen LogP contribution < -0.4 is 5.14 Å². The minimum absolute atomic E-state index is 0.137. The van der Waals surface area contributed by atoms with Crippen LogP contribution in [0, 0.1) is 0 Å². The maximum absolute atomic E-state index is 11.7. The second-order valence-electron chi connectivity index (χ2n) is 5.45. The number of hydrogen-bond acceptors (Lipinski definition) is 4. The molecule has 0 radical (unpaired) electrons. The third kappa shape index (κ3) is 2.36. The lowest BCUT2D eigenvalue weighted by Crippen LogP contribution is -2.22. The van der Waals surface area contributed by atoms with Gasteiger partial charge in [0.1, 0.15) is 5.82 Å². The van der Waals surface area contributed by atoms with Gasteiger partial charge < -0.3 is 0 Å². The predicted octanol–water partition coefficient (Wildman–Crippen LogP) is 1.42. The van der Waals surface area contributed by atoms with Gasteiger partial charge in [-0.05, 0) is 24.8 Å². The van der Waals surface area contributed by atoms with Crippen molar-refractivity contribution in [2.75, 3.05) is 0 Å². The standard InChI is InChI=1S/C14H18N4O2S/c1-2-10-18-12(16-17-13(18)21(15,19)20)14(8-9-14)11-6-4-3-5-7-11/h3-7H,2,8-10H2,1H3,(H2,15,19,20). The van der Waals surface area contributed by atoms with Crippen molar-refractivity contribution in [3.05, 3.63) is 41.7 Å². The van der Waals surface area contributed by atoms with Crippen LogP contribution in [0.15, 0.2) is 35.5 Å². The SMILES string of the molecule is CCCn1c(C2(c3ccccc3)CC2)nnc1S(N)(=O)=O. The summed E-state index contributed by atoms with van der Waals surface area (Å²) in [4.78, 5) is 0. The van der Waals surface area contributed by atoms with Gasteiger partial charge in [-0.3, -0.25) is 4.57 Å². The molecule has 0 bridgehead atoms. The van der Waals surface area contributed by atoms with Crippen molar-refractivity contribution in [2.45, 2.75) is 43.3 Å². The van der Waals surface area contributed by atoms with E-state index in [0.717, 1.165) is 24.8 Å². The molecule has 0 spiro atoms. The molecule has 0 unspecified atom stereocenters. The van der Waals surface area contributed by atoms with Gasteiger partial charge in [-0.25, -0.2) is 13.6 Å². The number of benzene rings is 1. The largest absolute Gasteiger partial charge is 0.300 e. The summed E-state index contributed by atoms with van der Waals surface area (Å²) in [6.07, 6.45) is 2.69. The van der Waals surface area contributed by atoms with Gasteiger partial charge in [0.25, 0.3) is 15.2 Å². The van der Waals surface area contributed by atoms with Crippen molar-refractivity contribution in [1.82, 2.24) is 14.8 Å². The number of hydrogen-bond donors (Lipinski definition) is 1. The zero-order chi connectivity index (χ0) is 15.1. The molecule has 1 fully saturated rings. The molecule has 0 saturated heterocycles. The van der Waals surface area contributed by atoms with E-state index in [4.69, 9.17) is 5.14 Å². The molecule has 112 valence electrons. The summed E-state index contributed by atoms with van der Waals surface area (Å²) in [5.41, 5.74) is 0.933. The van der Waals surface area contributed by atoms with Crippen LogP contribution in [0.5, 0.6) is 0 Å². The number of primary sulfonamides is 1. The molecule has 1 heterocycles. The third-order valence-corrected chi connectivity index (χ3v) is 4.73. The molecule has 1 aliphatic carbocycles. The Kier molecular flexibility index (Phi) is 3.33. The van der Waals surface area contributed by atoms with Crippen LogP contribution in [-0.4, -0.2) is 23.2 Å². The van der Waals surface area contributed by atoms with Gasteiger partial charge in [0.05, 0.1) is 5.41 Å². The molecule has 2 N–H and O–H groups in total. The van der Waals surface area contributed by atoms with Gasteiger partial charge in [0.2, 0.25) is 0 Å². The lowest BCUT2D eigenvalue weighted by Gasteiger charge is -2.17. The Labute approximate surface area is 124 Å². The minimum atomic E-state index is -3.86. The molecule has 1 aromatic carbocycles. The maximum atomic E-state index is 11.7. The Hall–Kier alpha value is -1.73. The van der Waals surface area contributed by atoms with E-state index in [0.29, 0.717) is 12.4 Å². The van der Waals surface area contributed by atoms with E-state index in [2.05, 4.69) is 22.3 Å². The average molecular weight is 306 g/mol. The first-order chi connectivity index (χ1) is 9.99. The first-order valence-corrected chi connectivity index (χ1v) is 8.56. The number of nitrogens with zero attached hydrogens (tertiary/aromatic N) is 3. The van der Waals surface area contributed by atoms with Crippen molar-refractivity contribution < 1.29 is 8.42 Å². The highest BCUT2D eigenvalue weighted by Crippen LogP contribution is 2.52. The highest BCUT2D eigenvalue weighted by molar-refractivity contribution is 7.89. The maximum Gasteiger partial charge on any atom is 0.273 e. The van der Waals surface area contributed by atoms with Crippen molar-refractivity contribution in [3.8, 4) is 0 Å². The number of aromatic nitrogens is 3. The second-order valence-corrected chi connectivity index (χ2v) is 6.91. The van der Waals surface area contributed by atoms with Crippen LogP contribution >= 0.6 is 0 Å². The van der Waals surface area contributed by atoms with Gasteiger partial charge in [-0.1, -0.05) is 37.3 Å². The van der Waals surface area contributed by atoms with E-state index >= 15 is 0 Å². The topological polar surface area (TPSA) is 90.9 Å². The molecule has 1 aliphatic rings. The Balaban J connectivity index is 2.14. The molecular formula is C14H18N4O2S. The minimum Gasteiger partial charge on any atom is -0.300 e. The lowest BCUT2D eigenvalue weighted by molar-refractivity contribution is 0.536. The van der Waals surface area contributed by atoms with E-state index in [1.54, 1.807) is 4.57 Å². The van der Waals surface area contributed by atoms with Crippen LogP contribution in [0.2, 0.25) is 0 Å². The van der Waals surface area contributed by atoms with E-state index in [1.165, 1.54) is 0 Å². The molecule has 0 aliphatic heterocycles. The molecule has 1 saturated carbocycles. The Morgan fingerprint density at radius 2 is 1.90 bits per heavy atom. The normalized spacial score (nSPS) is 16.9. The fraction of sp³-hybridized carbons (Fsp3) is 0.429. The van der Waals surface area contributed by atoms with Crippen LogP contribution in [-0.2, 0) is 22.0 Å². The molecule has 0 amide bonds. The van der Waals surface area contributed by atoms with E-state index in [-0.39, 0.29) is 10.6 Å². The average Bonchev–Trinajstić information content (AvgIpc) is 3.14. The van der Waals surface area contributed by atoms with Crippen molar-refractivity contribution in [3.63, 3.8) is 0 Å². The monoisotopic (exact) mass is 306 g/mol. The van der Waals surface area contributed by atoms with Crippen molar-refractivity contribution in [1.29, 1.82) is 0 Å². The van der Waals surface area contributed by atoms with Crippen molar-refractivity contribution >= 4 is 10.0 Å². The van der Waals surface area contributed by atoms with Gasteiger partial charge in [0, 0.05) is 6.54 Å². The summed E-state index contributed by atoms with van der Waals surface area (Å²) in [6.45, 7) is 2.53. The molecule has 7 heteroatoms. The lowest BCUT2D eigenvalue weighted by atomic mass is 9.95. The van der Waals surface area contributed by atoms with Crippen molar-refractivity contribution in [2.24, 2.45) is 5.14 Å². The highest BCUT2D eigenvalue weighted by Gasteiger charge is 2.50. The fourth-order valence-corrected chi connectivity index (χ4v) is 3.44. The summed E-state index contributed by atoms with van der Waals surface area (Å²) in [5, 5.41) is 13.1. The number of sulfonamides is 1. The smallest absolute Gasteiger partial charge is 0.273 e. The van der Waals surface area contributed by atoms with Gasteiger partial charge in [-0.15, -0.1) is 10.2 Å². The first-order valence-electron chi connectivity index (χ1n) is 7.01. The summed E-state index contributed by atoms with van der Waals surface area (Å²) in [7, 11) is -3.86. The van der Waals surface area contributed by atoms with Crippen LogP contribution in [0.3, 0.4) is 0 Å². The highest BCUT2D eigenvalue weighted by atomic mass is 32.2. The van der Waals surface area contributed by atoms with E-state index in [1.807, 2.05) is 25.1 Å². The molecule has 1 aromatic heterocycles. The second kappa shape index (κ2) is 4.92. The fourth-order valence-electron chi connectivity index (χ4n) is 2.80. The summed E-state index contributed by atoms with van der Waals surface area (Å²) in [6, 6.07) is 10.0. The van der Waals surface area contributed by atoms with E-state index < -0.39 is 10.0 Å².